The molecular formula is C13H16BrN3O2. The maximum atomic E-state index is 5.75. The fourth-order valence-electron chi connectivity index (χ4n) is 1.68. The zero-order valence-corrected chi connectivity index (χ0v) is 12.7. The standard InChI is InChI=1S/C13H16BrN3O2/c1-9(2)17-13(15-8-16-17)7-19-12-5-4-10(18-3)6-11(12)14/h4-6,8-9H,7H2,1-3H3. The van der Waals surface area contributed by atoms with Gasteiger partial charge in [-0.3, -0.25) is 0 Å². The van der Waals surface area contributed by atoms with Crippen molar-refractivity contribution in [3.63, 3.8) is 0 Å². The first-order valence-corrected chi connectivity index (χ1v) is 6.76. The predicted molar refractivity (Wildman–Crippen MR) is 75.4 cm³/mol. The van der Waals surface area contributed by atoms with E-state index in [0.29, 0.717) is 6.61 Å². The van der Waals surface area contributed by atoms with Crippen LogP contribution in [0.25, 0.3) is 0 Å². The second kappa shape index (κ2) is 6.06. The number of rotatable bonds is 5. The summed E-state index contributed by atoms with van der Waals surface area (Å²) < 4.78 is 13.6. The number of methoxy groups -OCH3 is 1. The second-order valence-electron chi connectivity index (χ2n) is 4.30. The minimum absolute atomic E-state index is 0.264. The van der Waals surface area contributed by atoms with Gasteiger partial charge in [0.25, 0.3) is 0 Å². The third kappa shape index (κ3) is 3.26. The number of hydrogen-bond acceptors (Lipinski definition) is 4. The van der Waals surface area contributed by atoms with Gasteiger partial charge in [-0.05, 0) is 48.0 Å². The van der Waals surface area contributed by atoms with E-state index < -0.39 is 0 Å². The van der Waals surface area contributed by atoms with Crippen molar-refractivity contribution in [2.75, 3.05) is 7.11 Å². The van der Waals surface area contributed by atoms with Crippen LogP contribution < -0.4 is 9.47 Å². The van der Waals surface area contributed by atoms with Gasteiger partial charge in [-0.1, -0.05) is 0 Å². The molecule has 0 aliphatic heterocycles. The van der Waals surface area contributed by atoms with Crippen molar-refractivity contribution in [2.24, 2.45) is 0 Å². The minimum atomic E-state index is 0.264. The Kier molecular flexibility index (Phi) is 4.42. The molecule has 0 atom stereocenters. The molecule has 0 radical (unpaired) electrons. The van der Waals surface area contributed by atoms with Crippen molar-refractivity contribution < 1.29 is 9.47 Å². The largest absolute Gasteiger partial charge is 0.497 e. The van der Waals surface area contributed by atoms with Crippen molar-refractivity contribution in [2.45, 2.75) is 26.5 Å². The van der Waals surface area contributed by atoms with E-state index in [0.717, 1.165) is 21.8 Å². The molecule has 2 rings (SSSR count). The van der Waals surface area contributed by atoms with Gasteiger partial charge in [-0.2, -0.15) is 5.10 Å². The SMILES string of the molecule is COc1ccc(OCc2ncnn2C(C)C)c(Br)c1. The Balaban J connectivity index is 2.08. The minimum Gasteiger partial charge on any atom is -0.497 e. The molecule has 0 unspecified atom stereocenters. The fraction of sp³-hybridized carbons (Fsp3) is 0.385. The van der Waals surface area contributed by atoms with E-state index in [2.05, 4.69) is 39.9 Å². The first-order valence-electron chi connectivity index (χ1n) is 5.96. The smallest absolute Gasteiger partial charge is 0.165 e. The van der Waals surface area contributed by atoms with Crippen molar-refractivity contribution in [1.82, 2.24) is 14.8 Å². The van der Waals surface area contributed by atoms with E-state index in [1.54, 1.807) is 13.4 Å². The highest BCUT2D eigenvalue weighted by Crippen LogP contribution is 2.29. The molecule has 2 aromatic rings. The Morgan fingerprint density at radius 3 is 2.79 bits per heavy atom. The summed E-state index contributed by atoms with van der Waals surface area (Å²) in [4.78, 5) is 4.20. The van der Waals surface area contributed by atoms with E-state index in [-0.39, 0.29) is 6.04 Å². The molecule has 0 aliphatic rings. The van der Waals surface area contributed by atoms with Crippen LogP contribution in [0.4, 0.5) is 0 Å². The molecule has 0 aliphatic carbocycles. The van der Waals surface area contributed by atoms with Gasteiger partial charge in [0, 0.05) is 6.04 Å². The highest BCUT2D eigenvalue weighted by Gasteiger charge is 2.09. The maximum absolute atomic E-state index is 5.75. The quantitative estimate of drug-likeness (QED) is 0.847. The monoisotopic (exact) mass is 325 g/mol. The van der Waals surface area contributed by atoms with Crippen LogP contribution in [0.3, 0.4) is 0 Å². The highest BCUT2D eigenvalue weighted by atomic mass is 79.9. The Morgan fingerprint density at radius 2 is 2.16 bits per heavy atom. The van der Waals surface area contributed by atoms with Gasteiger partial charge in [0.2, 0.25) is 0 Å². The topological polar surface area (TPSA) is 49.2 Å². The Bertz CT molecular complexity index is 555. The molecule has 1 aromatic heterocycles. The Labute approximate surface area is 120 Å². The average molecular weight is 326 g/mol. The van der Waals surface area contributed by atoms with Crippen LogP contribution in [0, 0.1) is 0 Å². The van der Waals surface area contributed by atoms with Crippen LogP contribution in [-0.2, 0) is 6.61 Å². The number of halogens is 1. The van der Waals surface area contributed by atoms with Crippen LogP contribution in [0.1, 0.15) is 25.7 Å². The third-order valence-corrected chi connectivity index (χ3v) is 3.25. The van der Waals surface area contributed by atoms with E-state index in [4.69, 9.17) is 9.47 Å². The highest BCUT2D eigenvalue weighted by molar-refractivity contribution is 9.10. The van der Waals surface area contributed by atoms with Gasteiger partial charge < -0.3 is 9.47 Å². The molecule has 0 amide bonds. The lowest BCUT2D eigenvalue weighted by Crippen LogP contribution is -2.10. The van der Waals surface area contributed by atoms with E-state index in [9.17, 15) is 0 Å². The van der Waals surface area contributed by atoms with E-state index >= 15 is 0 Å². The van der Waals surface area contributed by atoms with Crippen molar-refractivity contribution in [3.05, 3.63) is 34.8 Å². The van der Waals surface area contributed by atoms with Gasteiger partial charge in [-0.15, -0.1) is 0 Å². The van der Waals surface area contributed by atoms with Crippen LogP contribution in [-0.4, -0.2) is 21.9 Å². The molecule has 19 heavy (non-hydrogen) atoms. The summed E-state index contributed by atoms with van der Waals surface area (Å²) in [5.74, 6) is 2.33. The molecule has 1 aromatic carbocycles. The number of nitrogens with zero attached hydrogens (tertiary/aromatic N) is 3. The summed E-state index contributed by atoms with van der Waals surface area (Å²) in [6, 6.07) is 5.84. The van der Waals surface area contributed by atoms with Gasteiger partial charge in [0.15, 0.2) is 5.82 Å². The van der Waals surface area contributed by atoms with Crippen molar-refractivity contribution >= 4 is 15.9 Å². The Hall–Kier alpha value is -1.56. The molecule has 0 saturated carbocycles. The number of ether oxygens (including phenoxy) is 2. The average Bonchev–Trinajstić information content (AvgIpc) is 2.85. The van der Waals surface area contributed by atoms with Gasteiger partial charge in [0.05, 0.1) is 11.6 Å². The van der Waals surface area contributed by atoms with Gasteiger partial charge >= 0.3 is 0 Å². The van der Waals surface area contributed by atoms with Crippen LogP contribution in [0.5, 0.6) is 11.5 Å². The lowest BCUT2D eigenvalue weighted by atomic mass is 10.3. The number of aromatic nitrogens is 3. The summed E-state index contributed by atoms with van der Waals surface area (Å²) in [6.07, 6.45) is 1.54. The summed E-state index contributed by atoms with van der Waals surface area (Å²) >= 11 is 3.45. The molecule has 1 heterocycles. The molecule has 0 N–H and O–H groups in total. The normalized spacial score (nSPS) is 10.8. The Morgan fingerprint density at radius 1 is 1.37 bits per heavy atom. The third-order valence-electron chi connectivity index (χ3n) is 2.63. The number of hydrogen-bond donors (Lipinski definition) is 0. The first-order chi connectivity index (χ1) is 9.11. The maximum Gasteiger partial charge on any atom is 0.165 e. The molecule has 0 saturated heterocycles. The van der Waals surface area contributed by atoms with Crippen LogP contribution >= 0.6 is 15.9 Å². The van der Waals surface area contributed by atoms with Crippen LogP contribution in [0.15, 0.2) is 29.0 Å². The molecule has 5 nitrogen and oxygen atoms in total. The molecule has 6 heteroatoms. The molecule has 0 bridgehead atoms. The predicted octanol–water partition coefficient (Wildman–Crippen LogP) is 3.21. The van der Waals surface area contributed by atoms with Gasteiger partial charge in [-0.25, -0.2) is 9.67 Å². The lowest BCUT2D eigenvalue weighted by molar-refractivity contribution is 0.280. The van der Waals surface area contributed by atoms with Crippen molar-refractivity contribution in [3.8, 4) is 11.5 Å². The van der Waals surface area contributed by atoms with Crippen molar-refractivity contribution in [1.29, 1.82) is 0 Å². The second-order valence-corrected chi connectivity index (χ2v) is 5.15. The first kappa shape index (κ1) is 13.9. The zero-order chi connectivity index (χ0) is 13.8. The molecule has 0 fully saturated rings. The number of benzene rings is 1. The van der Waals surface area contributed by atoms with E-state index in [1.807, 2.05) is 22.9 Å². The lowest BCUT2D eigenvalue weighted by Gasteiger charge is -2.12. The van der Waals surface area contributed by atoms with Crippen LogP contribution in [0.2, 0.25) is 0 Å². The zero-order valence-electron chi connectivity index (χ0n) is 11.1. The summed E-state index contributed by atoms with van der Waals surface area (Å²) in [6.45, 7) is 4.49. The molecular weight excluding hydrogens is 310 g/mol. The molecule has 0 spiro atoms. The van der Waals surface area contributed by atoms with E-state index in [1.165, 1.54) is 0 Å². The fourth-order valence-corrected chi connectivity index (χ4v) is 2.15. The summed E-state index contributed by atoms with van der Waals surface area (Å²) in [5, 5.41) is 4.17. The summed E-state index contributed by atoms with van der Waals surface area (Å²) in [7, 11) is 1.63. The summed E-state index contributed by atoms with van der Waals surface area (Å²) in [5.41, 5.74) is 0. The molecule has 102 valence electrons. The van der Waals surface area contributed by atoms with Gasteiger partial charge in [0.1, 0.15) is 24.4 Å².